The summed E-state index contributed by atoms with van der Waals surface area (Å²) in [5.41, 5.74) is 0.462. The van der Waals surface area contributed by atoms with Crippen molar-refractivity contribution in [3.8, 4) is 0 Å². The number of hydrogen-bond acceptors (Lipinski definition) is 2. The molecule has 1 saturated carbocycles. The third-order valence-electron chi connectivity index (χ3n) is 4.34. The Morgan fingerprint density at radius 2 is 2.00 bits per heavy atom. The van der Waals surface area contributed by atoms with Crippen molar-refractivity contribution in [3.63, 3.8) is 0 Å². The number of nitrogens with one attached hydrogen (secondary N) is 1. The van der Waals surface area contributed by atoms with Gasteiger partial charge in [-0.25, -0.2) is 0 Å². The highest BCUT2D eigenvalue weighted by atomic mass is 16.5. The monoisotopic (exact) mass is 255 g/mol. The predicted octanol–water partition coefficient (Wildman–Crippen LogP) is 4.00. The molecule has 2 unspecified atom stereocenters. The summed E-state index contributed by atoms with van der Waals surface area (Å²) in [6, 6.07) is 0.530. The minimum absolute atomic E-state index is 0.336. The lowest BCUT2D eigenvalue weighted by Gasteiger charge is -2.43. The standard InChI is InChI=1S/C16H33NO/c1-6-11-17-15(12-18-13(2)3)14-9-7-8-10-16(14,4)5/h13-15,17H,6-12H2,1-5H3. The van der Waals surface area contributed by atoms with Crippen molar-refractivity contribution in [3.05, 3.63) is 0 Å². The van der Waals surface area contributed by atoms with Crippen LogP contribution in [-0.2, 0) is 4.74 Å². The van der Waals surface area contributed by atoms with Crippen LogP contribution in [0.5, 0.6) is 0 Å². The Labute approximate surface area is 114 Å². The van der Waals surface area contributed by atoms with Gasteiger partial charge in [0.05, 0.1) is 12.7 Å². The minimum Gasteiger partial charge on any atom is -0.377 e. The highest BCUT2D eigenvalue weighted by Crippen LogP contribution is 2.42. The Kier molecular flexibility index (Phi) is 6.65. The molecule has 0 aromatic carbocycles. The van der Waals surface area contributed by atoms with E-state index in [2.05, 4.69) is 39.9 Å². The van der Waals surface area contributed by atoms with Gasteiger partial charge >= 0.3 is 0 Å². The first-order chi connectivity index (χ1) is 8.47. The second kappa shape index (κ2) is 7.49. The van der Waals surface area contributed by atoms with E-state index in [4.69, 9.17) is 4.74 Å². The summed E-state index contributed by atoms with van der Waals surface area (Å²) < 4.78 is 5.89. The van der Waals surface area contributed by atoms with E-state index in [0.717, 1.165) is 19.1 Å². The summed E-state index contributed by atoms with van der Waals surface area (Å²) in [5, 5.41) is 3.73. The molecule has 2 nitrogen and oxygen atoms in total. The maximum absolute atomic E-state index is 5.89. The second-order valence-corrected chi connectivity index (χ2v) is 6.78. The average molecular weight is 255 g/mol. The first-order valence-electron chi connectivity index (χ1n) is 7.82. The Morgan fingerprint density at radius 1 is 1.28 bits per heavy atom. The van der Waals surface area contributed by atoms with Gasteiger partial charge in [-0.3, -0.25) is 0 Å². The van der Waals surface area contributed by atoms with Crippen LogP contribution < -0.4 is 5.32 Å². The summed E-state index contributed by atoms with van der Waals surface area (Å²) in [6.45, 7) is 13.3. The van der Waals surface area contributed by atoms with E-state index in [1.54, 1.807) is 0 Å². The van der Waals surface area contributed by atoms with Crippen molar-refractivity contribution < 1.29 is 4.74 Å². The van der Waals surface area contributed by atoms with Gasteiger partial charge in [0, 0.05) is 6.04 Å². The van der Waals surface area contributed by atoms with E-state index < -0.39 is 0 Å². The van der Waals surface area contributed by atoms with E-state index >= 15 is 0 Å². The van der Waals surface area contributed by atoms with Crippen molar-refractivity contribution in [1.82, 2.24) is 5.32 Å². The molecule has 18 heavy (non-hydrogen) atoms. The summed E-state index contributed by atoms with van der Waals surface area (Å²) in [4.78, 5) is 0. The van der Waals surface area contributed by atoms with Gasteiger partial charge in [-0.1, -0.05) is 33.6 Å². The van der Waals surface area contributed by atoms with Gasteiger partial charge in [0.25, 0.3) is 0 Å². The van der Waals surface area contributed by atoms with Crippen LogP contribution in [0, 0.1) is 11.3 Å². The number of hydrogen-bond donors (Lipinski definition) is 1. The fraction of sp³-hybridized carbons (Fsp3) is 1.00. The van der Waals surface area contributed by atoms with Crippen LogP contribution in [0.1, 0.15) is 66.7 Å². The Balaban J connectivity index is 2.60. The minimum atomic E-state index is 0.336. The van der Waals surface area contributed by atoms with Gasteiger partial charge < -0.3 is 10.1 Å². The van der Waals surface area contributed by atoms with Gasteiger partial charge in [0.15, 0.2) is 0 Å². The van der Waals surface area contributed by atoms with Crippen molar-refractivity contribution in [2.45, 2.75) is 78.9 Å². The van der Waals surface area contributed by atoms with Gasteiger partial charge in [-0.15, -0.1) is 0 Å². The molecule has 0 spiro atoms. The third-order valence-corrected chi connectivity index (χ3v) is 4.34. The molecule has 2 heteroatoms. The summed E-state index contributed by atoms with van der Waals surface area (Å²) in [7, 11) is 0. The fourth-order valence-corrected chi connectivity index (χ4v) is 3.21. The lowest BCUT2D eigenvalue weighted by molar-refractivity contribution is 0.0121. The lowest BCUT2D eigenvalue weighted by atomic mass is 9.66. The van der Waals surface area contributed by atoms with Gasteiger partial charge in [0.1, 0.15) is 0 Å². The zero-order chi connectivity index (χ0) is 13.6. The maximum atomic E-state index is 5.89. The van der Waals surface area contributed by atoms with Crippen LogP contribution in [0.4, 0.5) is 0 Å². The highest BCUT2D eigenvalue weighted by molar-refractivity contribution is 4.90. The summed E-state index contributed by atoms with van der Waals surface area (Å²) in [5.74, 6) is 0.761. The van der Waals surface area contributed by atoms with Crippen LogP contribution in [0.25, 0.3) is 0 Å². The zero-order valence-corrected chi connectivity index (χ0v) is 13.1. The number of rotatable bonds is 7. The molecule has 0 bridgehead atoms. The lowest BCUT2D eigenvalue weighted by Crippen LogP contribution is -2.48. The zero-order valence-electron chi connectivity index (χ0n) is 13.1. The SMILES string of the molecule is CCCNC(COC(C)C)C1CCCCC1(C)C. The van der Waals surface area contributed by atoms with Crippen molar-refractivity contribution in [2.24, 2.45) is 11.3 Å². The van der Waals surface area contributed by atoms with Crippen molar-refractivity contribution in [2.75, 3.05) is 13.2 Å². The fourth-order valence-electron chi connectivity index (χ4n) is 3.21. The summed E-state index contributed by atoms with van der Waals surface area (Å²) in [6.07, 6.45) is 7.04. The molecule has 2 atom stereocenters. The molecular weight excluding hydrogens is 222 g/mol. The van der Waals surface area contributed by atoms with Gasteiger partial charge in [0.2, 0.25) is 0 Å². The smallest absolute Gasteiger partial charge is 0.0626 e. The van der Waals surface area contributed by atoms with Crippen LogP contribution >= 0.6 is 0 Å². The Hall–Kier alpha value is -0.0800. The largest absolute Gasteiger partial charge is 0.377 e. The van der Waals surface area contributed by atoms with E-state index in [9.17, 15) is 0 Å². The molecule has 0 amide bonds. The molecule has 108 valence electrons. The molecule has 0 aliphatic heterocycles. The van der Waals surface area contributed by atoms with Crippen molar-refractivity contribution in [1.29, 1.82) is 0 Å². The van der Waals surface area contributed by atoms with E-state index in [-0.39, 0.29) is 0 Å². The summed E-state index contributed by atoms with van der Waals surface area (Å²) >= 11 is 0. The molecule has 1 N–H and O–H groups in total. The van der Waals surface area contributed by atoms with E-state index in [1.165, 1.54) is 32.1 Å². The molecule has 1 rings (SSSR count). The van der Waals surface area contributed by atoms with Crippen molar-refractivity contribution >= 4 is 0 Å². The van der Waals surface area contributed by atoms with Crippen LogP contribution in [0.2, 0.25) is 0 Å². The van der Waals surface area contributed by atoms with Crippen LogP contribution in [0.3, 0.4) is 0 Å². The van der Waals surface area contributed by atoms with Gasteiger partial charge in [-0.2, -0.15) is 0 Å². The molecule has 1 fully saturated rings. The topological polar surface area (TPSA) is 21.3 Å². The Bertz CT molecular complexity index is 225. The molecule has 1 aliphatic carbocycles. The quantitative estimate of drug-likeness (QED) is 0.742. The van der Waals surface area contributed by atoms with Crippen LogP contribution in [-0.4, -0.2) is 25.3 Å². The molecular formula is C16H33NO. The first-order valence-corrected chi connectivity index (χ1v) is 7.82. The molecule has 0 radical (unpaired) electrons. The van der Waals surface area contributed by atoms with Gasteiger partial charge in [-0.05, 0) is 51.0 Å². The maximum Gasteiger partial charge on any atom is 0.0626 e. The molecule has 0 aromatic rings. The van der Waals surface area contributed by atoms with Crippen LogP contribution in [0.15, 0.2) is 0 Å². The van der Waals surface area contributed by atoms with E-state index in [1.807, 2.05) is 0 Å². The molecule has 0 aromatic heterocycles. The highest BCUT2D eigenvalue weighted by Gasteiger charge is 2.37. The first kappa shape index (κ1) is 16.0. The predicted molar refractivity (Wildman–Crippen MR) is 78.9 cm³/mol. The molecule has 0 saturated heterocycles. The molecule has 0 heterocycles. The number of ether oxygens (including phenoxy) is 1. The molecule has 1 aliphatic rings. The normalized spacial score (nSPS) is 25.3. The van der Waals surface area contributed by atoms with E-state index in [0.29, 0.717) is 17.6 Å². The third kappa shape index (κ3) is 4.89. The average Bonchev–Trinajstić information content (AvgIpc) is 2.29. The Morgan fingerprint density at radius 3 is 2.56 bits per heavy atom. The second-order valence-electron chi connectivity index (χ2n) is 6.78.